The highest BCUT2D eigenvalue weighted by Crippen LogP contribution is 2.28. The van der Waals surface area contributed by atoms with E-state index in [1.54, 1.807) is 0 Å². The van der Waals surface area contributed by atoms with Crippen molar-refractivity contribution < 1.29 is 0 Å². The third kappa shape index (κ3) is 2.12. The van der Waals surface area contributed by atoms with Gasteiger partial charge in [-0.3, -0.25) is 4.98 Å². The molecule has 0 saturated heterocycles. The maximum atomic E-state index is 4.62. The standard InChI is InChI=1S/C11H7BrN2S/c1-7-4-11(13-6-15)9-5-8(12)2-3-10(9)14-7/h2-5H,1H3. The molecule has 0 spiro atoms. The van der Waals surface area contributed by atoms with E-state index in [2.05, 4.69) is 43.3 Å². The third-order valence-corrected chi connectivity index (χ3v) is 2.63. The zero-order chi connectivity index (χ0) is 10.8. The molecule has 1 aromatic heterocycles. The molecule has 0 N–H and O–H groups in total. The number of nitrogens with zero attached hydrogens (tertiary/aromatic N) is 2. The first-order valence-corrected chi connectivity index (χ1v) is 5.55. The summed E-state index contributed by atoms with van der Waals surface area (Å²) in [5.41, 5.74) is 2.66. The lowest BCUT2D eigenvalue weighted by atomic mass is 10.1. The molecule has 1 heterocycles. The second-order valence-corrected chi connectivity index (χ2v) is 4.25. The second-order valence-electron chi connectivity index (χ2n) is 3.15. The molecule has 0 unspecified atom stereocenters. The number of hydrogen-bond acceptors (Lipinski definition) is 3. The number of isothiocyanates is 1. The highest BCUT2D eigenvalue weighted by Gasteiger charge is 2.03. The van der Waals surface area contributed by atoms with E-state index in [1.165, 1.54) is 0 Å². The minimum absolute atomic E-state index is 0.814. The predicted octanol–water partition coefficient (Wildman–Crippen LogP) is 4.04. The van der Waals surface area contributed by atoms with Crippen molar-refractivity contribution in [2.45, 2.75) is 6.92 Å². The lowest BCUT2D eigenvalue weighted by molar-refractivity contribution is 1.25. The van der Waals surface area contributed by atoms with E-state index in [4.69, 9.17) is 0 Å². The highest BCUT2D eigenvalue weighted by molar-refractivity contribution is 9.10. The van der Waals surface area contributed by atoms with Crippen molar-refractivity contribution in [2.75, 3.05) is 0 Å². The van der Waals surface area contributed by atoms with Crippen LogP contribution in [0.2, 0.25) is 0 Å². The number of fused-ring (bicyclic) bond motifs is 1. The molecule has 2 nitrogen and oxygen atoms in total. The number of aromatic nitrogens is 1. The summed E-state index contributed by atoms with van der Waals surface area (Å²) in [6.07, 6.45) is 0. The van der Waals surface area contributed by atoms with Gasteiger partial charge >= 0.3 is 0 Å². The number of halogens is 1. The van der Waals surface area contributed by atoms with Crippen LogP contribution in [0.3, 0.4) is 0 Å². The maximum absolute atomic E-state index is 4.62. The zero-order valence-corrected chi connectivity index (χ0v) is 10.4. The van der Waals surface area contributed by atoms with Gasteiger partial charge in [-0.05, 0) is 43.4 Å². The SMILES string of the molecule is Cc1cc(N=C=S)c2cc(Br)ccc2n1. The number of benzene rings is 1. The van der Waals surface area contributed by atoms with Crippen molar-refractivity contribution in [3.05, 3.63) is 34.4 Å². The molecule has 0 aliphatic rings. The normalized spacial score (nSPS) is 10.0. The Morgan fingerprint density at radius 2 is 2.20 bits per heavy atom. The summed E-state index contributed by atoms with van der Waals surface area (Å²) < 4.78 is 1.00. The van der Waals surface area contributed by atoms with Crippen LogP contribution in [0, 0.1) is 6.92 Å². The van der Waals surface area contributed by atoms with Gasteiger partial charge in [-0.15, -0.1) is 0 Å². The molecule has 0 amide bonds. The van der Waals surface area contributed by atoms with Crippen LogP contribution < -0.4 is 0 Å². The first kappa shape index (κ1) is 10.4. The van der Waals surface area contributed by atoms with E-state index in [9.17, 15) is 0 Å². The minimum Gasteiger partial charge on any atom is -0.253 e. The van der Waals surface area contributed by atoms with Crippen molar-refractivity contribution in [1.29, 1.82) is 0 Å². The number of aryl methyl sites for hydroxylation is 1. The Hall–Kier alpha value is -1.09. The summed E-state index contributed by atoms with van der Waals surface area (Å²) in [6.45, 7) is 1.93. The van der Waals surface area contributed by atoms with Crippen molar-refractivity contribution >= 4 is 49.9 Å². The van der Waals surface area contributed by atoms with Gasteiger partial charge in [0, 0.05) is 15.6 Å². The molecular formula is C11H7BrN2S. The minimum atomic E-state index is 0.814. The van der Waals surface area contributed by atoms with Crippen molar-refractivity contribution in [3.63, 3.8) is 0 Å². The summed E-state index contributed by atoms with van der Waals surface area (Å²) in [7, 11) is 0. The Kier molecular flexibility index (Phi) is 2.91. The van der Waals surface area contributed by atoms with Crippen molar-refractivity contribution in [2.24, 2.45) is 4.99 Å². The Morgan fingerprint density at radius 3 is 2.93 bits per heavy atom. The van der Waals surface area contributed by atoms with Crippen molar-refractivity contribution in [3.8, 4) is 0 Å². The number of pyridine rings is 1. The van der Waals surface area contributed by atoms with E-state index in [0.717, 1.165) is 26.8 Å². The van der Waals surface area contributed by atoms with Crippen LogP contribution in [-0.2, 0) is 0 Å². The topological polar surface area (TPSA) is 25.2 Å². The van der Waals surface area contributed by atoms with Crippen LogP contribution >= 0.6 is 28.1 Å². The molecule has 2 aromatic rings. The molecule has 1 aromatic carbocycles. The molecule has 0 aliphatic carbocycles. The lowest BCUT2D eigenvalue weighted by Gasteiger charge is -2.02. The maximum Gasteiger partial charge on any atom is 0.0851 e. The van der Waals surface area contributed by atoms with Gasteiger partial charge in [0.05, 0.1) is 16.4 Å². The number of hydrogen-bond donors (Lipinski definition) is 0. The smallest absolute Gasteiger partial charge is 0.0851 e. The van der Waals surface area contributed by atoms with Crippen LogP contribution in [0.4, 0.5) is 5.69 Å². The fraction of sp³-hybridized carbons (Fsp3) is 0.0909. The quantitative estimate of drug-likeness (QED) is 0.581. The van der Waals surface area contributed by atoms with Crippen LogP contribution in [0.15, 0.2) is 33.7 Å². The van der Waals surface area contributed by atoms with Gasteiger partial charge in [-0.2, -0.15) is 4.99 Å². The average molecular weight is 279 g/mol. The molecule has 74 valence electrons. The summed E-state index contributed by atoms with van der Waals surface area (Å²) >= 11 is 8.04. The summed E-state index contributed by atoms with van der Waals surface area (Å²) in [6, 6.07) is 7.79. The summed E-state index contributed by atoms with van der Waals surface area (Å²) in [5.74, 6) is 0. The largest absolute Gasteiger partial charge is 0.253 e. The van der Waals surface area contributed by atoms with Gasteiger partial charge in [-0.25, -0.2) is 0 Å². The Balaban J connectivity index is 2.87. The van der Waals surface area contributed by atoms with Crippen molar-refractivity contribution in [1.82, 2.24) is 4.98 Å². The highest BCUT2D eigenvalue weighted by atomic mass is 79.9. The Labute approximate surface area is 101 Å². The van der Waals surface area contributed by atoms with Gasteiger partial charge in [0.15, 0.2) is 0 Å². The Morgan fingerprint density at radius 1 is 1.40 bits per heavy atom. The molecule has 0 aliphatic heterocycles. The van der Waals surface area contributed by atoms with E-state index in [1.807, 2.05) is 31.2 Å². The van der Waals surface area contributed by atoms with E-state index in [0.29, 0.717) is 0 Å². The molecule has 0 bridgehead atoms. The molecule has 2 rings (SSSR count). The number of rotatable bonds is 1. The number of aliphatic imine (C=N–C) groups is 1. The van der Waals surface area contributed by atoms with Crippen LogP contribution in [-0.4, -0.2) is 10.1 Å². The fourth-order valence-electron chi connectivity index (χ4n) is 1.45. The summed E-state index contributed by atoms with van der Waals surface area (Å²) in [4.78, 5) is 8.46. The van der Waals surface area contributed by atoms with Gasteiger partial charge in [-0.1, -0.05) is 15.9 Å². The molecule has 0 saturated carbocycles. The Bertz CT molecular complexity index is 574. The van der Waals surface area contributed by atoms with E-state index < -0.39 is 0 Å². The second kappa shape index (κ2) is 4.19. The molecule has 0 atom stereocenters. The van der Waals surface area contributed by atoms with Crippen LogP contribution in [0.1, 0.15) is 5.69 Å². The van der Waals surface area contributed by atoms with E-state index >= 15 is 0 Å². The van der Waals surface area contributed by atoms with Crippen LogP contribution in [0.5, 0.6) is 0 Å². The number of thiocarbonyl (C=S) groups is 1. The van der Waals surface area contributed by atoms with Gasteiger partial charge in [0.1, 0.15) is 0 Å². The zero-order valence-electron chi connectivity index (χ0n) is 7.99. The molecule has 4 heteroatoms. The third-order valence-electron chi connectivity index (χ3n) is 2.04. The van der Waals surface area contributed by atoms with Gasteiger partial charge in [0.25, 0.3) is 0 Å². The molecule has 0 radical (unpaired) electrons. The lowest BCUT2D eigenvalue weighted by Crippen LogP contribution is -1.84. The first-order valence-electron chi connectivity index (χ1n) is 4.35. The fourth-order valence-corrected chi connectivity index (χ4v) is 1.91. The molecular weight excluding hydrogens is 272 g/mol. The predicted molar refractivity (Wildman–Crippen MR) is 68.9 cm³/mol. The molecule has 15 heavy (non-hydrogen) atoms. The monoisotopic (exact) mass is 278 g/mol. The van der Waals surface area contributed by atoms with Gasteiger partial charge in [0.2, 0.25) is 0 Å². The average Bonchev–Trinajstić information content (AvgIpc) is 2.19. The van der Waals surface area contributed by atoms with Gasteiger partial charge < -0.3 is 0 Å². The van der Waals surface area contributed by atoms with Crippen LogP contribution in [0.25, 0.3) is 10.9 Å². The summed E-state index contributed by atoms with van der Waals surface area (Å²) in [5, 5.41) is 3.37. The molecule has 0 fully saturated rings. The first-order chi connectivity index (χ1) is 7.20. The van der Waals surface area contributed by atoms with E-state index in [-0.39, 0.29) is 0 Å².